The third kappa shape index (κ3) is 4.76. The molecule has 0 saturated heterocycles. The topological polar surface area (TPSA) is 59.2 Å². The van der Waals surface area contributed by atoms with Crippen LogP contribution in [0.25, 0.3) is 11.5 Å². The molecule has 0 saturated carbocycles. The number of amides is 1. The average molecular weight is 420 g/mol. The number of aromatic nitrogens is 2. The Kier molecular flexibility index (Phi) is 5.65. The predicted molar refractivity (Wildman–Crippen MR) is 101 cm³/mol. The first-order valence-electron chi connectivity index (χ1n) is 7.89. The summed E-state index contributed by atoms with van der Waals surface area (Å²) in [7, 11) is 1.81. The smallest absolute Gasteiger partial charge is 0.247 e. The summed E-state index contributed by atoms with van der Waals surface area (Å²) < 4.78 is 6.73. The summed E-state index contributed by atoms with van der Waals surface area (Å²) in [6.07, 6.45) is 0.786. The molecule has 0 fully saturated rings. The second-order valence-electron chi connectivity index (χ2n) is 5.82. The minimum absolute atomic E-state index is 0.0552. The highest BCUT2D eigenvalue weighted by atomic mass is 79.9. The number of halogens is 1. The van der Waals surface area contributed by atoms with Crippen molar-refractivity contribution in [3.63, 3.8) is 0 Å². The first-order valence-corrected chi connectivity index (χ1v) is 9.50. The number of carbonyl (C=O) groups is 1. The summed E-state index contributed by atoms with van der Waals surface area (Å²) in [6.45, 7) is 2.63. The molecule has 5 nitrogen and oxygen atoms in total. The van der Waals surface area contributed by atoms with E-state index in [1.165, 1.54) is 5.56 Å². The van der Waals surface area contributed by atoms with Crippen LogP contribution in [-0.4, -0.2) is 28.1 Å². The minimum atomic E-state index is 0.0552. The molecule has 3 rings (SSSR count). The Hall–Kier alpha value is -1.99. The van der Waals surface area contributed by atoms with Crippen molar-refractivity contribution in [3.05, 3.63) is 56.5 Å². The van der Waals surface area contributed by atoms with Crippen molar-refractivity contribution in [2.24, 2.45) is 0 Å². The molecule has 0 unspecified atom stereocenters. The maximum Gasteiger partial charge on any atom is 0.247 e. The fraction of sp³-hybridized carbons (Fsp3) is 0.278. The quantitative estimate of drug-likeness (QED) is 0.591. The van der Waals surface area contributed by atoms with E-state index in [9.17, 15) is 4.79 Å². The molecule has 2 aromatic heterocycles. The highest BCUT2D eigenvalue weighted by Crippen LogP contribution is 2.23. The number of hydrogen-bond acceptors (Lipinski definition) is 5. The van der Waals surface area contributed by atoms with E-state index in [-0.39, 0.29) is 5.91 Å². The monoisotopic (exact) mass is 419 g/mol. The van der Waals surface area contributed by atoms with Crippen molar-refractivity contribution in [1.29, 1.82) is 0 Å². The molecule has 7 heteroatoms. The first kappa shape index (κ1) is 17.8. The van der Waals surface area contributed by atoms with E-state index in [4.69, 9.17) is 4.42 Å². The van der Waals surface area contributed by atoms with Crippen molar-refractivity contribution in [3.8, 4) is 11.5 Å². The zero-order valence-electron chi connectivity index (χ0n) is 14.0. The molecule has 0 aliphatic heterocycles. The Bertz CT molecular complexity index is 857. The molecule has 0 spiro atoms. The van der Waals surface area contributed by atoms with Crippen LogP contribution in [-0.2, 0) is 17.8 Å². The van der Waals surface area contributed by atoms with Crippen LogP contribution in [0.5, 0.6) is 0 Å². The molecule has 0 aliphatic rings. The van der Waals surface area contributed by atoms with Gasteiger partial charge in [0.1, 0.15) is 0 Å². The van der Waals surface area contributed by atoms with Gasteiger partial charge in [0.25, 0.3) is 0 Å². The van der Waals surface area contributed by atoms with Gasteiger partial charge >= 0.3 is 0 Å². The third-order valence-corrected chi connectivity index (χ3v) is 5.37. The van der Waals surface area contributed by atoms with Crippen LogP contribution in [0.15, 0.2) is 44.6 Å². The summed E-state index contributed by atoms with van der Waals surface area (Å²) in [5, 5.41) is 8.11. The molecule has 1 amide bonds. The van der Waals surface area contributed by atoms with Crippen molar-refractivity contribution in [2.45, 2.75) is 26.3 Å². The molecule has 0 bridgehead atoms. The molecule has 1 aromatic carbocycles. The van der Waals surface area contributed by atoms with Crippen LogP contribution in [0.4, 0.5) is 0 Å². The zero-order chi connectivity index (χ0) is 17.8. The fourth-order valence-electron chi connectivity index (χ4n) is 2.33. The first-order chi connectivity index (χ1) is 12.0. The van der Waals surface area contributed by atoms with E-state index in [2.05, 4.69) is 26.1 Å². The lowest BCUT2D eigenvalue weighted by Crippen LogP contribution is -2.26. The molecule has 3 aromatic rings. The normalized spacial score (nSPS) is 10.8. The summed E-state index contributed by atoms with van der Waals surface area (Å²) >= 11 is 5.07. The summed E-state index contributed by atoms with van der Waals surface area (Å²) in [5.74, 6) is 1.02. The largest absolute Gasteiger partial charge is 0.421 e. The Morgan fingerprint density at radius 3 is 2.64 bits per heavy atom. The highest BCUT2D eigenvalue weighted by molar-refractivity contribution is 9.11. The molecule has 25 heavy (non-hydrogen) atoms. The summed E-state index contributed by atoms with van der Waals surface area (Å²) in [6, 6.07) is 11.9. The number of hydrogen-bond donors (Lipinski definition) is 0. The van der Waals surface area contributed by atoms with Crippen LogP contribution in [0.3, 0.4) is 0 Å². The Balaban J connectivity index is 1.54. The van der Waals surface area contributed by atoms with Gasteiger partial charge in [0.2, 0.25) is 17.7 Å². The van der Waals surface area contributed by atoms with E-state index >= 15 is 0 Å². The Labute approximate surface area is 158 Å². The molecular weight excluding hydrogens is 402 g/mol. The van der Waals surface area contributed by atoms with E-state index in [1.807, 2.05) is 50.4 Å². The van der Waals surface area contributed by atoms with Gasteiger partial charge in [-0.05, 0) is 47.1 Å². The van der Waals surface area contributed by atoms with Gasteiger partial charge in [-0.25, -0.2) is 0 Å². The van der Waals surface area contributed by atoms with Crippen molar-refractivity contribution < 1.29 is 9.21 Å². The van der Waals surface area contributed by atoms with Crippen molar-refractivity contribution in [2.75, 3.05) is 7.05 Å². The molecule has 0 aliphatic carbocycles. The number of nitrogens with zero attached hydrogens (tertiary/aromatic N) is 3. The van der Waals surface area contributed by atoms with Gasteiger partial charge in [0, 0.05) is 30.3 Å². The summed E-state index contributed by atoms with van der Waals surface area (Å²) in [5.41, 5.74) is 2.06. The number of aryl methyl sites for hydroxylation is 2. The van der Waals surface area contributed by atoms with Crippen molar-refractivity contribution >= 4 is 33.2 Å². The molecule has 130 valence electrons. The van der Waals surface area contributed by atoms with Crippen LogP contribution in [0.1, 0.15) is 22.8 Å². The number of benzene rings is 1. The van der Waals surface area contributed by atoms with E-state index in [1.54, 1.807) is 16.2 Å². The Morgan fingerprint density at radius 2 is 1.96 bits per heavy atom. The lowest BCUT2D eigenvalue weighted by Gasteiger charge is -2.15. The maximum atomic E-state index is 12.3. The van der Waals surface area contributed by atoms with E-state index in [0.717, 1.165) is 14.2 Å². The molecule has 0 radical (unpaired) electrons. The second-order valence-corrected chi connectivity index (χ2v) is 8.37. The standard InChI is InChI=1S/C18H18BrN3O2S/c1-12-3-5-13(6-4-12)18-21-20-16(24-18)9-10-17(23)22(2)11-14-7-8-15(19)25-14/h3-8H,9-11H2,1-2H3. The average Bonchev–Trinajstić information content (AvgIpc) is 3.22. The van der Waals surface area contributed by atoms with E-state index < -0.39 is 0 Å². The van der Waals surface area contributed by atoms with Gasteiger partial charge < -0.3 is 9.32 Å². The Morgan fingerprint density at radius 1 is 1.20 bits per heavy atom. The number of carbonyl (C=O) groups excluding carboxylic acids is 1. The number of thiophene rings is 1. The second kappa shape index (κ2) is 7.93. The minimum Gasteiger partial charge on any atom is -0.421 e. The zero-order valence-corrected chi connectivity index (χ0v) is 16.4. The lowest BCUT2D eigenvalue weighted by atomic mass is 10.1. The molecular formula is C18H18BrN3O2S. The molecule has 2 heterocycles. The third-order valence-electron chi connectivity index (χ3n) is 3.77. The van der Waals surface area contributed by atoms with Crippen LogP contribution in [0, 0.1) is 6.92 Å². The van der Waals surface area contributed by atoms with Gasteiger partial charge in [-0.1, -0.05) is 17.7 Å². The van der Waals surface area contributed by atoms with Crippen molar-refractivity contribution in [1.82, 2.24) is 15.1 Å². The van der Waals surface area contributed by atoms with Gasteiger partial charge in [0.05, 0.1) is 10.3 Å². The SMILES string of the molecule is Cc1ccc(-c2nnc(CCC(=O)N(C)Cc3ccc(Br)s3)o2)cc1. The van der Waals surface area contributed by atoms with Gasteiger partial charge in [0.15, 0.2) is 0 Å². The highest BCUT2D eigenvalue weighted by Gasteiger charge is 2.14. The summed E-state index contributed by atoms with van der Waals surface area (Å²) in [4.78, 5) is 15.1. The van der Waals surface area contributed by atoms with Crippen LogP contribution < -0.4 is 0 Å². The molecule has 0 atom stereocenters. The molecule has 0 N–H and O–H groups in total. The van der Waals surface area contributed by atoms with Crippen LogP contribution in [0.2, 0.25) is 0 Å². The number of rotatable bonds is 6. The van der Waals surface area contributed by atoms with Gasteiger partial charge in [-0.2, -0.15) is 0 Å². The fourth-order valence-corrected chi connectivity index (χ4v) is 3.87. The maximum absolute atomic E-state index is 12.3. The van der Waals surface area contributed by atoms with Gasteiger partial charge in [-0.15, -0.1) is 21.5 Å². The lowest BCUT2D eigenvalue weighted by molar-refractivity contribution is -0.130. The van der Waals surface area contributed by atoms with Crippen LogP contribution >= 0.6 is 27.3 Å². The van der Waals surface area contributed by atoms with E-state index in [0.29, 0.717) is 31.2 Å². The predicted octanol–water partition coefficient (Wildman–Crippen LogP) is 4.46. The van der Waals surface area contributed by atoms with Gasteiger partial charge in [-0.3, -0.25) is 4.79 Å².